The average Bonchev–Trinajstić information content (AvgIpc) is 3.47. The number of para-hydroxylation sites is 1. The molecule has 0 saturated carbocycles. The maximum atomic E-state index is 12.8. The number of anilines is 1. The molecular formula is C20H17N9O3. The molecule has 0 unspecified atom stereocenters. The van der Waals surface area contributed by atoms with Gasteiger partial charge in [0.05, 0.1) is 16.8 Å². The number of nitriles is 1. The zero-order valence-electron chi connectivity index (χ0n) is 17.1. The van der Waals surface area contributed by atoms with E-state index in [4.69, 9.17) is 0 Å². The Kier molecular flexibility index (Phi) is 5.22. The van der Waals surface area contributed by atoms with Crippen molar-refractivity contribution in [3.05, 3.63) is 81.6 Å². The van der Waals surface area contributed by atoms with Crippen molar-refractivity contribution in [3.8, 4) is 11.8 Å². The summed E-state index contributed by atoms with van der Waals surface area (Å²) in [6, 6.07) is 12.6. The van der Waals surface area contributed by atoms with Crippen LogP contribution in [-0.4, -0.2) is 40.2 Å². The third-order valence-electron chi connectivity index (χ3n) is 4.80. The second kappa shape index (κ2) is 8.15. The van der Waals surface area contributed by atoms with E-state index in [1.807, 2.05) is 24.3 Å². The summed E-state index contributed by atoms with van der Waals surface area (Å²) in [4.78, 5) is 23.5. The van der Waals surface area contributed by atoms with E-state index in [1.165, 1.54) is 26.3 Å². The summed E-state index contributed by atoms with van der Waals surface area (Å²) in [5, 5.41) is 35.9. The molecular weight excluding hydrogens is 414 g/mol. The summed E-state index contributed by atoms with van der Waals surface area (Å²) in [7, 11) is 0. The van der Waals surface area contributed by atoms with Crippen molar-refractivity contribution in [2.75, 3.05) is 5.32 Å². The van der Waals surface area contributed by atoms with Crippen LogP contribution in [0.15, 0.2) is 48.8 Å². The van der Waals surface area contributed by atoms with Crippen molar-refractivity contribution >= 4 is 17.4 Å². The molecule has 0 aliphatic heterocycles. The quantitative estimate of drug-likeness (QED) is 0.364. The molecule has 1 amide bonds. The Morgan fingerprint density at radius 3 is 2.62 bits per heavy atom. The summed E-state index contributed by atoms with van der Waals surface area (Å²) in [5.41, 5.74) is 1.63. The monoisotopic (exact) mass is 431 g/mol. The van der Waals surface area contributed by atoms with Crippen molar-refractivity contribution in [1.29, 1.82) is 5.26 Å². The SMILES string of the molecule is Cc1nn(Cn2ccc(C(=O)Nc3c(C#N)cnn3-c3ccccc3)n2)c(C)c1[N+](=O)[O-]. The number of amides is 1. The Balaban J connectivity index is 1.56. The number of nitro groups is 1. The lowest BCUT2D eigenvalue weighted by molar-refractivity contribution is -0.386. The van der Waals surface area contributed by atoms with E-state index in [1.54, 1.807) is 32.2 Å². The lowest BCUT2D eigenvalue weighted by Crippen LogP contribution is -2.18. The molecule has 0 atom stereocenters. The highest BCUT2D eigenvalue weighted by molar-refractivity contribution is 6.03. The molecule has 160 valence electrons. The first-order valence-electron chi connectivity index (χ1n) is 9.45. The standard InChI is InChI=1S/C20H17N9O3/c1-13-18(29(31)32)14(2)27(24-13)12-26-9-8-17(25-26)20(30)23-19-15(10-21)11-22-28(19)16-6-4-3-5-7-16/h3-9,11H,12H2,1-2H3,(H,23,30). The fraction of sp³-hybridized carbons (Fsp3) is 0.150. The van der Waals surface area contributed by atoms with Crippen molar-refractivity contribution in [2.45, 2.75) is 20.5 Å². The van der Waals surface area contributed by atoms with Crippen LogP contribution in [0.1, 0.15) is 27.4 Å². The van der Waals surface area contributed by atoms with E-state index >= 15 is 0 Å². The number of hydrogen-bond acceptors (Lipinski definition) is 7. The first-order chi connectivity index (χ1) is 15.4. The zero-order valence-corrected chi connectivity index (χ0v) is 17.1. The molecule has 0 fully saturated rings. The van der Waals surface area contributed by atoms with E-state index in [0.717, 1.165) is 0 Å². The number of hydrogen-bond donors (Lipinski definition) is 1. The molecule has 4 rings (SSSR count). The fourth-order valence-corrected chi connectivity index (χ4v) is 3.28. The van der Waals surface area contributed by atoms with Gasteiger partial charge in [0.15, 0.2) is 11.5 Å². The summed E-state index contributed by atoms with van der Waals surface area (Å²) in [6.07, 6.45) is 2.94. The van der Waals surface area contributed by atoms with Gasteiger partial charge >= 0.3 is 5.69 Å². The van der Waals surface area contributed by atoms with Crippen molar-refractivity contribution in [2.24, 2.45) is 0 Å². The molecule has 32 heavy (non-hydrogen) atoms. The van der Waals surface area contributed by atoms with Crippen LogP contribution in [-0.2, 0) is 6.67 Å². The fourth-order valence-electron chi connectivity index (χ4n) is 3.28. The molecule has 3 heterocycles. The van der Waals surface area contributed by atoms with Crippen molar-refractivity contribution < 1.29 is 9.72 Å². The van der Waals surface area contributed by atoms with E-state index in [2.05, 4.69) is 20.6 Å². The van der Waals surface area contributed by atoms with E-state index in [9.17, 15) is 20.2 Å². The molecule has 0 spiro atoms. The van der Waals surface area contributed by atoms with Gasteiger partial charge in [0.25, 0.3) is 5.91 Å². The molecule has 0 radical (unpaired) electrons. The van der Waals surface area contributed by atoms with Crippen LogP contribution < -0.4 is 5.32 Å². The van der Waals surface area contributed by atoms with Crippen LogP contribution >= 0.6 is 0 Å². The molecule has 0 saturated heterocycles. The zero-order chi connectivity index (χ0) is 22.8. The summed E-state index contributed by atoms with van der Waals surface area (Å²) < 4.78 is 4.35. The maximum Gasteiger partial charge on any atom is 0.312 e. The van der Waals surface area contributed by atoms with Gasteiger partial charge in [-0.3, -0.25) is 19.6 Å². The van der Waals surface area contributed by atoms with Gasteiger partial charge < -0.3 is 5.32 Å². The lowest BCUT2D eigenvalue weighted by atomic mass is 10.3. The molecule has 0 aliphatic carbocycles. The van der Waals surface area contributed by atoms with Gasteiger partial charge in [-0.05, 0) is 32.0 Å². The molecule has 3 aromatic heterocycles. The lowest BCUT2D eigenvalue weighted by Gasteiger charge is -2.08. The van der Waals surface area contributed by atoms with Gasteiger partial charge in [-0.2, -0.15) is 20.6 Å². The Morgan fingerprint density at radius 1 is 1.22 bits per heavy atom. The topological polar surface area (TPSA) is 149 Å². The summed E-state index contributed by atoms with van der Waals surface area (Å²) in [6.45, 7) is 3.26. The van der Waals surface area contributed by atoms with E-state index < -0.39 is 10.8 Å². The van der Waals surface area contributed by atoms with Gasteiger partial charge in [0.2, 0.25) is 0 Å². The molecule has 0 bridgehead atoms. The van der Waals surface area contributed by atoms with E-state index in [-0.39, 0.29) is 29.4 Å². The number of nitrogens with zero attached hydrogens (tertiary/aromatic N) is 8. The second-order valence-electron chi connectivity index (χ2n) is 6.88. The molecule has 1 N–H and O–H groups in total. The predicted octanol–water partition coefficient (Wildman–Crippen LogP) is 2.42. The Labute approximate surface area is 181 Å². The second-order valence-corrected chi connectivity index (χ2v) is 6.88. The van der Waals surface area contributed by atoms with Crippen LogP contribution in [0.2, 0.25) is 0 Å². The van der Waals surface area contributed by atoms with Gasteiger partial charge in [-0.25, -0.2) is 9.36 Å². The normalized spacial score (nSPS) is 10.7. The Morgan fingerprint density at radius 2 is 1.97 bits per heavy atom. The number of aromatic nitrogens is 6. The molecule has 12 heteroatoms. The number of nitrogens with one attached hydrogen (secondary N) is 1. The van der Waals surface area contributed by atoms with Crippen molar-refractivity contribution in [3.63, 3.8) is 0 Å². The highest BCUT2D eigenvalue weighted by Gasteiger charge is 2.22. The van der Waals surface area contributed by atoms with Crippen LogP contribution in [0.5, 0.6) is 0 Å². The molecule has 12 nitrogen and oxygen atoms in total. The van der Waals surface area contributed by atoms with Crippen molar-refractivity contribution in [1.82, 2.24) is 29.3 Å². The van der Waals surface area contributed by atoms with Crippen LogP contribution in [0, 0.1) is 35.3 Å². The first-order valence-corrected chi connectivity index (χ1v) is 9.45. The number of benzene rings is 1. The third kappa shape index (κ3) is 3.70. The van der Waals surface area contributed by atoms with Gasteiger partial charge in [0, 0.05) is 6.20 Å². The highest BCUT2D eigenvalue weighted by Crippen LogP contribution is 2.22. The van der Waals surface area contributed by atoms with Crippen LogP contribution in [0.4, 0.5) is 11.5 Å². The number of carbonyl (C=O) groups excluding carboxylic acids is 1. The smallest absolute Gasteiger partial charge is 0.304 e. The third-order valence-corrected chi connectivity index (χ3v) is 4.80. The highest BCUT2D eigenvalue weighted by atomic mass is 16.6. The minimum atomic E-state index is -0.530. The van der Waals surface area contributed by atoms with Gasteiger partial charge in [-0.1, -0.05) is 18.2 Å². The summed E-state index contributed by atoms with van der Waals surface area (Å²) in [5.74, 6) is -0.301. The maximum absolute atomic E-state index is 12.8. The number of aryl methyl sites for hydroxylation is 1. The minimum absolute atomic E-state index is 0.0478. The molecule has 1 aromatic carbocycles. The predicted molar refractivity (Wildman–Crippen MR) is 112 cm³/mol. The Bertz CT molecular complexity index is 1360. The van der Waals surface area contributed by atoms with Gasteiger partial charge in [0.1, 0.15) is 29.7 Å². The average molecular weight is 431 g/mol. The first kappa shape index (κ1) is 20.5. The van der Waals surface area contributed by atoms with Crippen LogP contribution in [0.25, 0.3) is 5.69 Å². The van der Waals surface area contributed by atoms with E-state index in [0.29, 0.717) is 17.1 Å². The Hall–Kier alpha value is -4.79. The molecule has 4 aromatic rings. The number of rotatable bonds is 6. The molecule has 0 aliphatic rings. The van der Waals surface area contributed by atoms with Crippen LogP contribution in [0.3, 0.4) is 0 Å². The largest absolute Gasteiger partial charge is 0.312 e. The number of carbonyl (C=O) groups is 1. The van der Waals surface area contributed by atoms with Gasteiger partial charge in [-0.15, -0.1) is 0 Å². The minimum Gasteiger partial charge on any atom is -0.304 e. The summed E-state index contributed by atoms with van der Waals surface area (Å²) >= 11 is 0.